The van der Waals surface area contributed by atoms with Crippen LogP contribution in [0.15, 0.2) is 24.3 Å². The Bertz CT molecular complexity index is 287. The number of ether oxygens (including phenoxy) is 1. The van der Waals surface area contributed by atoms with Crippen LogP contribution in [0.25, 0.3) is 0 Å². The normalized spacial score (nSPS) is 11.3. The Labute approximate surface area is 96.2 Å². The van der Waals surface area contributed by atoms with E-state index in [1.807, 2.05) is 31.2 Å². The zero-order valence-electron chi connectivity index (χ0n) is 8.90. The third-order valence-corrected chi connectivity index (χ3v) is 2.04. The molecule has 1 atom stereocenters. The number of halogens is 1. The highest BCUT2D eigenvalue weighted by atomic mass is 35.5. The average molecular weight is 230 g/mol. The molecule has 84 valence electrons. The van der Waals surface area contributed by atoms with E-state index in [1.54, 1.807) is 7.11 Å². The number of hydrogen-bond acceptors (Lipinski definition) is 3. The van der Waals surface area contributed by atoms with Crippen LogP contribution in [-0.2, 0) is 4.79 Å². The lowest BCUT2D eigenvalue weighted by Crippen LogP contribution is -2.21. The van der Waals surface area contributed by atoms with Crippen molar-refractivity contribution in [1.82, 2.24) is 5.32 Å². The summed E-state index contributed by atoms with van der Waals surface area (Å²) >= 11 is 0. The van der Waals surface area contributed by atoms with Crippen molar-refractivity contribution in [2.45, 2.75) is 13.0 Å². The lowest BCUT2D eigenvalue weighted by molar-refractivity contribution is -0.109. The molecule has 0 amide bonds. The molecule has 0 radical (unpaired) electrons. The van der Waals surface area contributed by atoms with Gasteiger partial charge in [-0.3, -0.25) is 0 Å². The fourth-order valence-corrected chi connectivity index (χ4v) is 1.28. The minimum atomic E-state index is -0.217. The van der Waals surface area contributed by atoms with E-state index in [0.29, 0.717) is 0 Å². The van der Waals surface area contributed by atoms with Gasteiger partial charge in [0, 0.05) is 0 Å². The summed E-state index contributed by atoms with van der Waals surface area (Å²) in [5, 5.41) is 3.08. The molecule has 0 saturated carbocycles. The minimum absolute atomic E-state index is 0. The van der Waals surface area contributed by atoms with Crippen molar-refractivity contribution >= 4 is 18.7 Å². The zero-order valence-corrected chi connectivity index (χ0v) is 9.71. The fraction of sp³-hybridized carbons (Fsp3) is 0.364. The second-order valence-electron chi connectivity index (χ2n) is 2.94. The van der Waals surface area contributed by atoms with Crippen LogP contribution in [0.4, 0.5) is 0 Å². The Balaban J connectivity index is 0.00000196. The molecule has 0 aliphatic heterocycles. The Morgan fingerprint density at radius 1 is 1.40 bits per heavy atom. The first-order valence-electron chi connectivity index (χ1n) is 4.64. The topological polar surface area (TPSA) is 38.3 Å². The second-order valence-corrected chi connectivity index (χ2v) is 2.94. The lowest BCUT2D eigenvalue weighted by Gasteiger charge is -2.11. The van der Waals surface area contributed by atoms with Gasteiger partial charge < -0.3 is 14.8 Å². The number of benzene rings is 1. The number of likely N-dealkylation sites (N-methyl/N-ethyl adjacent to an activating group) is 1. The highest BCUT2D eigenvalue weighted by molar-refractivity contribution is 5.85. The standard InChI is InChI=1S/C11H15NO2.ClH/c1-3-12-11(8-13)9-4-6-10(14-2)7-5-9;/h4-8,11-12H,3H2,1-2H3;1H/t11-;/m1./s1. The Morgan fingerprint density at radius 3 is 2.40 bits per heavy atom. The van der Waals surface area contributed by atoms with Crippen molar-refractivity contribution < 1.29 is 9.53 Å². The molecule has 0 bridgehead atoms. The summed E-state index contributed by atoms with van der Waals surface area (Å²) < 4.78 is 5.03. The van der Waals surface area contributed by atoms with E-state index in [4.69, 9.17) is 4.74 Å². The Morgan fingerprint density at radius 2 is 2.00 bits per heavy atom. The van der Waals surface area contributed by atoms with Gasteiger partial charge in [-0.25, -0.2) is 0 Å². The van der Waals surface area contributed by atoms with Gasteiger partial charge in [0.2, 0.25) is 0 Å². The molecular weight excluding hydrogens is 214 g/mol. The van der Waals surface area contributed by atoms with Crippen molar-refractivity contribution in [2.75, 3.05) is 13.7 Å². The first-order chi connectivity index (χ1) is 6.81. The highest BCUT2D eigenvalue weighted by Gasteiger charge is 2.07. The predicted octanol–water partition coefficient (Wildman–Crippen LogP) is 1.97. The molecule has 0 spiro atoms. The molecule has 0 aliphatic carbocycles. The van der Waals surface area contributed by atoms with Gasteiger partial charge in [0.05, 0.1) is 13.2 Å². The third kappa shape index (κ3) is 3.90. The van der Waals surface area contributed by atoms with Crippen molar-refractivity contribution in [3.8, 4) is 5.75 Å². The van der Waals surface area contributed by atoms with E-state index >= 15 is 0 Å². The SMILES string of the molecule is CCN[C@H](C=O)c1ccc(OC)cc1.Cl. The summed E-state index contributed by atoms with van der Waals surface area (Å²) in [6.45, 7) is 2.75. The molecule has 3 nitrogen and oxygen atoms in total. The number of carbonyl (C=O) groups excluding carboxylic acids is 1. The number of hydrogen-bond donors (Lipinski definition) is 1. The molecule has 0 aromatic heterocycles. The summed E-state index contributed by atoms with van der Waals surface area (Å²) in [6.07, 6.45) is 0.908. The number of nitrogens with one attached hydrogen (secondary N) is 1. The summed E-state index contributed by atoms with van der Waals surface area (Å²) in [4.78, 5) is 10.8. The molecule has 0 aliphatic rings. The second kappa shape index (κ2) is 7.26. The van der Waals surface area contributed by atoms with Gasteiger partial charge in [-0.15, -0.1) is 12.4 Å². The third-order valence-electron chi connectivity index (χ3n) is 2.04. The molecule has 0 heterocycles. The maximum absolute atomic E-state index is 10.8. The van der Waals surface area contributed by atoms with Crippen LogP contribution in [-0.4, -0.2) is 19.9 Å². The predicted molar refractivity (Wildman–Crippen MR) is 62.7 cm³/mol. The van der Waals surface area contributed by atoms with Gasteiger partial charge >= 0.3 is 0 Å². The van der Waals surface area contributed by atoms with Crippen LogP contribution in [0.1, 0.15) is 18.5 Å². The van der Waals surface area contributed by atoms with Gasteiger partial charge in [0.1, 0.15) is 12.0 Å². The van der Waals surface area contributed by atoms with E-state index in [-0.39, 0.29) is 18.4 Å². The van der Waals surface area contributed by atoms with Crippen molar-refractivity contribution in [2.24, 2.45) is 0 Å². The summed E-state index contributed by atoms with van der Waals surface area (Å²) in [6, 6.07) is 7.26. The molecule has 1 rings (SSSR count). The quantitative estimate of drug-likeness (QED) is 0.785. The summed E-state index contributed by atoms with van der Waals surface area (Å²) in [5.41, 5.74) is 0.961. The van der Waals surface area contributed by atoms with Crippen LogP contribution >= 0.6 is 12.4 Å². The Kier molecular flexibility index (Phi) is 6.75. The van der Waals surface area contributed by atoms with Crippen molar-refractivity contribution in [1.29, 1.82) is 0 Å². The number of rotatable bonds is 5. The van der Waals surface area contributed by atoms with Crippen molar-refractivity contribution in [3.63, 3.8) is 0 Å². The summed E-state index contributed by atoms with van der Waals surface area (Å²) in [7, 11) is 1.62. The van der Waals surface area contributed by atoms with Gasteiger partial charge in [-0.1, -0.05) is 19.1 Å². The maximum atomic E-state index is 10.8. The fourth-order valence-electron chi connectivity index (χ4n) is 1.28. The molecule has 0 saturated heterocycles. The van der Waals surface area contributed by atoms with Crippen molar-refractivity contribution in [3.05, 3.63) is 29.8 Å². The van der Waals surface area contributed by atoms with E-state index in [0.717, 1.165) is 24.1 Å². The van der Waals surface area contributed by atoms with E-state index in [1.165, 1.54) is 0 Å². The van der Waals surface area contributed by atoms with Gasteiger partial charge in [-0.05, 0) is 24.2 Å². The van der Waals surface area contributed by atoms with Crippen LogP contribution in [0, 0.1) is 0 Å². The molecular formula is C11H16ClNO2. The molecule has 4 heteroatoms. The van der Waals surface area contributed by atoms with Crippen LogP contribution < -0.4 is 10.1 Å². The lowest BCUT2D eigenvalue weighted by atomic mass is 10.1. The molecule has 1 N–H and O–H groups in total. The summed E-state index contributed by atoms with van der Waals surface area (Å²) in [5.74, 6) is 0.801. The number of aldehydes is 1. The number of carbonyl (C=O) groups is 1. The van der Waals surface area contributed by atoms with Crippen LogP contribution in [0.3, 0.4) is 0 Å². The minimum Gasteiger partial charge on any atom is -0.497 e. The Hall–Kier alpha value is -1.06. The maximum Gasteiger partial charge on any atom is 0.141 e. The first-order valence-corrected chi connectivity index (χ1v) is 4.64. The molecule has 1 aromatic rings. The van der Waals surface area contributed by atoms with E-state index in [2.05, 4.69) is 5.32 Å². The van der Waals surface area contributed by atoms with Gasteiger partial charge in [-0.2, -0.15) is 0 Å². The molecule has 1 aromatic carbocycles. The largest absolute Gasteiger partial charge is 0.497 e. The zero-order chi connectivity index (χ0) is 10.4. The van der Waals surface area contributed by atoms with Gasteiger partial charge in [0.25, 0.3) is 0 Å². The van der Waals surface area contributed by atoms with Gasteiger partial charge in [0.15, 0.2) is 0 Å². The monoisotopic (exact) mass is 229 g/mol. The van der Waals surface area contributed by atoms with Crippen LogP contribution in [0.5, 0.6) is 5.75 Å². The van der Waals surface area contributed by atoms with Crippen LogP contribution in [0.2, 0.25) is 0 Å². The number of methoxy groups -OCH3 is 1. The molecule has 15 heavy (non-hydrogen) atoms. The molecule has 0 fully saturated rings. The molecule has 0 unspecified atom stereocenters. The average Bonchev–Trinajstić information content (AvgIpc) is 2.26. The highest BCUT2D eigenvalue weighted by Crippen LogP contribution is 2.15. The first kappa shape index (κ1) is 13.9. The van der Waals surface area contributed by atoms with E-state index in [9.17, 15) is 4.79 Å². The smallest absolute Gasteiger partial charge is 0.141 e. The van der Waals surface area contributed by atoms with E-state index < -0.39 is 0 Å².